The molecular weight excluding hydrogens is 275 g/mol. The molecular formula is C16H14ClFN2. The summed E-state index contributed by atoms with van der Waals surface area (Å²) in [5.74, 6) is 0.750. The van der Waals surface area contributed by atoms with Crippen LogP contribution < -0.4 is 0 Å². The van der Waals surface area contributed by atoms with Crippen LogP contribution in [-0.4, -0.2) is 9.55 Å². The smallest absolute Gasteiger partial charge is 0.129 e. The second-order valence-corrected chi connectivity index (χ2v) is 5.19. The predicted octanol–water partition coefficient (Wildman–Crippen LogP) is 4.52. The molecule has 1 aromatic heterocycles. The molecule has 0 fully saturated rings. The zero-order valence-corrected chi connectivity index (χ0v) is 12.1. The third-order valence-corrected chi connectivity index (χ3v) is 3.60. The lowest BCUT2D eigenvalue weighted by atomic mass is 10.2. The number of nitrogens with zero attached hydrogens (tertiary/aromatic N) is 2. The molecule has 0 saturated heterocycles. The van der Waals surface area contributed by atoms with E-state index in [2.05, 4.69) is 4.98 Å². The number of alkyl halides is 1. The molecule has 3 rings (SSSR count). The SMILES string of the molecule is Cc1cc(F)cc(-n2c(CCl)nc3c(C)cccc32)c1. The molecule has 2 aromatic carbocycles. The highest BCUT2D eigenvalue weighted by Crippen LogP contribution is 2.25. The van der Waals surface area contributed by atoms with Gasteiger partial charge in [0.1, 0.15) is 11.6 Å². The summed E-state index contributed by atoms with van der Waals surface area (Å²) < 4.78 is 15.6. The van der Waals surface area contributed by atoms with Crippen LogP contribution in [0.25, 0.3) is 16.7 Å². The minimum absolute atomic E-state index is 0.255. The number of hydrogen-bond donors (Lipinski definition) is 0. The number of aryl methyl sites for hydroxylation is 2. The largest absolute Gasteiger partial charge is 0.295 e. The van der Waals surface area contributed by atoms with Crippen LogP contribution >= 0.6 is 11.6 Å². The van der Waals surface area contributed by atoms with Crippen LogP contribution in [0, 0.1) is 19.7 Å². The summed E-state index contributed by atoms with van der Waals surface area (Å²) in [4.78, 5) is 4.57. The number of rotatable bonds is 2. The second kappa shape index (κ2) is 4.91. The van der Waals surface area contributed by atoms with Crippen molar-refractivity contribution in [1.29, 1.82) is 0 Å². The van der Waals surface area contributed by atoms with Gasteiger partial charge in [-0.05, 0) is 49.2 Å². The number of imidazole rings is 1. The van der Waals surface area contributed by atoms with E-state index >= 15 is 0 Å². The van der Waals surface area contributed by atoms with Gasteiger partial charge in [-0.3, -0.25) is 4.57 Å². The van der Waals surface area contributed by atoms with Crippen LogP contribution in [-0.2, 0) is 5.88 Å². The zero-order chi connectivity index (χ0) is 14.3. The highest BCUT2D eigenvalue weighted by molar-refractivity contribution is 6.17. The summed E-state index contributed by atoms with van der Waals surface area (Å²) in [6.07, 6.45) is 0. The molecule has 0 spiro atoms. The van der Waals surface area contributed by atoms with Gasteiger partial charge < -0.3 is 0 Å². The van der Waals surface area contributed by atoms with Gasteiger partial charge in [-0.15, -0.1) is 11.6 Å². The Morgan fingerprint density at radius 2 is 2.00 bits per heavy atom. The van der Waals surface area contributed by atoms with Crippen LogP contribution in [0.5, 0.6) is 0 Å². The first kappa shape index (κ1) is 13.1. The first-order valence-corrected chi connectivity index (χ1v) is 6.94. The van der Waals surface area contributed by atoms with Gasteiger partial charge in [0.25, 0.3) is 0 Å². The molecule has 0 atom stereocenters. The molecule has 0 amide bonds. The Hall–Kier alpha value is -1.87. The molecule has 3 aromatic rings. The van der Waals surface area contributed by atoms with Crippen molar-refractivity contribution in [3.8, 4) is 5.69 Å². The van der Waals surface area contributed by atoms with Crippen molar-refractivity contribution in [3.05, 3.63) is 59.2 Å². The maximum Gasteiger partial charge on any atom is 0.129 e. The first-order chi connectivity index (χ1) is 9.60. The fourth-order valence-electron chi connectivity index (χ4n) is 2.51. The standard InChI is InChI=1S/C16H14ClFN2/c1-10-6-12(18)8-13(7-10)20-14-5-3-4-11(2)16(14)19-15(20)9-17/h3-8H,9H2,1-2H3. The molecule has 0 radical (unpaired) electrons. The van der Waals surface area contributed by atoms with Crippen LogP contribution in [0.15, 0.2) is 36.4 Å². The number of fused-ring (bicyclic) bond motifs is 1. The monoisotopic (exact) mass is 288 g/mol. The molecule has 4 heteroatoms. The van der Waals surface area contributed by atoms with Crippen molar-refractivity contribution in [2.24, 2.45) is 0 Å². The Labute approximate surface area is 121 Å². The topological polar surface area (TPSA) is 17.8 Å². The van der Waals surface area contributed by atoms with Gasteiger partial charge in [0, 0.05) is 0 Å². The summed E-state index contributed by atoms with van der Waals surface area (Å²) in [5.41, 5.74) is 4.57. The van der Waals surface area contributed by atoms with Crippen molar-refractivity contribution in [3.63, 3.8) is 0 Å². The summed E-state index contributed by atoms with van der Waals surface area (Å²) in [6, 6.07) is 10.9. The van der Waals surface area contributed by atoms with Gasteiger partial charge in [0.15, 0.2) is 0 Å². The molecule has 102 valence electrons. The number of aromatic nitrogens is 2. The number of halogens is 2. The highest BCUT2D eigenvalue weighted by Gasteiger charge is 2.13. The molecule has 0 N–H and O–H groups in total. The van der Waals surface area contributed by atoms with Crippen molar-refractivity contribution >= 4 is 22.6 Å². The number of benzene rings is 2. The van der Waals surface area contributed by atoms with E-state index < -0.39 is 0 Å². The minimum Gasteiger partial charge on any atom is -0.295 e. The molecule has 0 saturated carbocycles. The van der Waals surface area contributed by atoms with Gasteiger partial charge in [0.2, 0.25) is 0 Å². The fourth-order valence-corrected chi connectivity index (χ4v) is 2.69. The molecule has 0 bridgehead atoms. The first-order valence-electron chi connectivity index (χ1n) is 6.40. The van der Waals surface area contributed by atoms with Crippen molar-refractivity contribution < 1.29 is 4.39 Å². The lowest BCUT2D eigenvalue weighted by molar-refractivity contribution is 0.625. The maximum atomic E-state index is 13.7. The lowest BCUT2D eigenvalue weighted by Gasteiger charge is -2.09. The minimum atomic E-state index is -0.255. The van der Waals surface area contributed by atoms with E-state index in [-0.39, 0.29) is 11.7 Å². The summed E-state index contributed by atoms with van der Waals surface area (Å²) >= 11 is 6.01. The molecule has 0 unspecified atom stereocenters. The Morgan fingerprint density at radius 3 is 2.70 bits per heavy atom. The van der Waals surface area contributed by atoms with E-state index in [9.17, 15) is 4.39 Å². The lowest BCUT2D eigenvalue weighted by Crippen LogP contribution is -2.00. The van der Waals surface area contributed by atoms with Gasteiger partial charge in [-0.1, -0.05) is 12.1 Å². The number of hydrogen-bond acceptors (Lipinski definition) is 1. The number of para-hydroxylation sites is 1. The van der Waals surface area contributed by atoms with Crippen molar-refractivity contribution in [2.75, 3.05) is 0 Å². The second-order valence-electron chi connectivity index (χ2n) is 4.93. The third kappa shape index (κ3) is 2.08. The molecule has 0 aliphatic rings. The quantitative estimate of drug-likeness (QED) is 0.634. The zero-order valence-electron chi connectivity index (χ0n) is 11.3. The fraction of sp³-hybridized carbons (Fsp3) is 0.188. The van der Waals surface area contributed by atoms with Crippen LogP contribution in [0.3, 0.4) is 0 Å². The van der Waals surface area contributed by atoms with E-state index in [0.29, 0.717) is 0 Å². The van der Waals surface area contributed by atoms with E-state index in [1.54, 1.807) is 0 Å². The molecule has 0 aliphatic carbocycles. The summed E-state index contributed by atoms with van der Waals surface area (Å²) in [7, 11) is 0. The normalized spacial score (nSPS) is 11.2. The van der Waals surface area contributed by atoms with Gasteiger partial charge in [-0.25, -0.2) is 9.37 Å². The Bertz CT molecular complexity index is 772. The Kier molecular flexibility index (Phi) is 3.22. The van der Waals surface area contributed by atoms with E-state index in [1.807, 2.05) is 42.7 Å². The van der Waals surface area contributed by atoms with E-state index in [1.165, 1.54) is 12.1 Å². The van der Waals surface area contributed by atoms with E-state index in [4.69, 9.17) is 11.6 Å². The van der Waals surface area contributed by atoms with Crippen molar-refractivity contribution in [2.45, 2.75) is 19.7 Å². The average Bonchev–Trinajstić information content (AvgIpc) is 2.77. The molecule has 0 aliphatic heterocycles. The molecule has 2 nitrogen and oxygen atoms in total. The maximum absolute atomic E-state index is 13.7. The highest BCUT2D eigenvalue weighted by atomic mass is 35.5. The predicted molar refractivity (Wildman–Crippen MR) is 80.1 cm³/mol. The Morgan fingerprint density at radius 1 is 1.20 bits per heavy atom. The van der Waals surface area contributed by atoms with Crippen LogP contribution in [0.2, 0.25) is 0 Å². The third-order valence-electron chi connectivity index (χ3n) is 3.36. The van der Waals surface area contributed by atoms with Gasteiger partial charge in [0.05, 0.1) is 22.6 Å². The summed E-state index contributed by atoms with van der Waals surface area (Å²) in [6.45, 7) is 3.88. The Balaban J connectivity index is 2.37. The molecule has 1 heterocycles. The van der Waals surface area contributed by atoms with Crippen molar-refractivity contribution in [1.82, 2.24) is 9.55 Å². The average molecular weight is 289 g/mol. The van der Waals surface area contributed by atoms with Crippen LogP contribution in [0.1, 0.15) is 17.0 Å². The van der Waals surface area contributed by atoms with Gasteiger partial charge >= 0.3 is 0 Å². The summed E-state index contributed by atoms with van der Waals surface area (Å²) in [5, 5.41) is 0. The van der Waals surface area contributed by atoms with Gasteiger partial charge in [-0.2, -0.15) is 0 Å². The van der Waals surface area contributed by atoms with Crippen LogP contribution in [0.4, 0.5) is 4.39 Å². The molecule has 20 heavy (non-hydrogen) atoms. The van der Waals surface area contributed by atoms with E-state index in [0.717, 1.165) is 33.7 Å².